The Morgan fingerprint density at radius 1 is 1.32 bits per heavy atom. The predicted molar refractivity (Wildman–Crippen MR) is 76.5 cm³/mol. The maximum atomic E-state index is 6.08. The lowest BCUT2D eigenvalue weighted by Crippen LogP contribution is -2.37. The Morgan fingerprint density at radius 3 is 2.53 bits per heavy atom. The van der Waals surface area contributed by atoms with E-state index >= 15 is 0 Å². The van der Waals surface area contributed by atoms with Gasteiger partial charge in [-0.15, -0.1) is 0 Å². The van der Waals surface area contributed by atoms with E-state index in [0.29, 0.717) is 18.3 Å². The first-order valence-electron chi connectivity index (χ1n) is 7.24. The zero-order chi connectivity index (χ0) is 13.9. The summed E-state index contributed by atoms with van der Waals surface area (Å²) in [6, 6.07) is 0. The highest BCUT2D eigenvalue weighted by Gasteiger charge is 2.36. The second-order valence-electron chi connectivity index (χ2n) is 5.85. The van der Waals surface area contributed by atoms with Crippen LogP contribution in [0.3, 0.4) is 0 Å². The lowest BCUT2D eigenvalue weighted by Gasteiger charge is -2.36. The zero-order valence-electron chi connectivity index (χ0n) is 12.3. The Hall–Kier alpha value is -1.16. The second-order valence-corrected chi connectivity index (χ2v) is 5.85. The van der Waals surface area contributed by atoms with Crippen molar-refractivity contribution in [2.24, 2.45) is 5.73 Å². The van der Waals surface area contributed by atoms with E-state index in [1.54, 1.807) is 7.11 Å². The molecule has 0 spiro atoms. The fraction of sp³-hybridized carbons (Fsp3) is 0.733. The van der Waals surface area contributed by atoms with Crippen LogP contribution in [-0.2, 0) is 5.41 Å². The molecule has 1 fully saturated rings. The Balaban J connectivity index is 2.42. The summed E-state index contributed by atoms with van der Waals surface area (Å²) < 4.78 is 5.51. The molecule has 0 saturated heterocycles. The van der Waals surface area contributed by atoms with Crippen molar-refractivity contribution in [3.63, 3.8) is 0 Å². The van der Waals surface area contributed by atoms with E-state index in [1.807, 2.05) is 6.20 Å². The first kappa shape index (κ1) is 14.3. The summed E-state index contributed by atoms with van der Waals surface area (Å²) in [6.07, 6.45) is 7.93. The van der Waals surface area contributed by atoms with Crippen LogP contribution in [0.15, 0.2) is 6.20 Å². The SMILES string of the molecule is COc1nc(C(C)C)ncc1C1(CN)CCCCC1. The summed E-state index contributed by atoms with van der Waals surface area (Å²) in [5.41, 5.74) is 7.19. The first-order chi connectivity index (χ1) is 9.13. The fourth-order valence-electron chi connectivity index (χ4n) is 2.99. The van der Waals surface area contributed by atoms with Crippen LogP contribution in [-0.4, -0.2) is 23.6 Å². The molecule has 0 radical (unpaired) electrons. The minimum Gasteiger partial charge on any atom is -0.481 e. The van der Waals surface area contributed by atoms with Crippen molar-refractivity contribution in [2.45, 2.75) is 57.3 Å². The second kappa shape index (κ2) is 5.87. The van der Waals surface area contributed by atoms with Crippen LogP contribution < -0.4 is 10.5 Å². The summed E-state index contributed by atoms with van der Waals surface area (Å²) in [5.74, 6) is 1.86. The highest BCUT2D eigenvalue weighted by atomic mass is 16.5. The summed E-state index contributed by atoms with van der Waals surface area (Å²) in [5, 5.41) is 0. The molecule has 0 bridgehead atoms. The number of rotatable bonds is 4. The van der Waals surface area contributed by atoms with Gasteiger partial charge in [-0.05, 0) is 12.8 Å². The van der Waals surface area contributed by atoms with Crippen molar-refractivity contribution in [1.82, 2.24) is 9.97 Å². The van der Waals surface area contributed by atoms with Crippen LogP contribution in [0.5, 0.6) is 5.88 Å². The van der Waals surface area contributed by atoms with Crippen LogP contribution in [0.25, 0.3) is 0 Å². The molecule has 1 aromatic heterocycles. The number of methoxy groups -OCH3 is 1. The van der Waals surface area contributed by atoms with Gasteiger partial charge in [0.2, 0.25) is 5.88 Å². The third-order valence-electron chi connectivity index (χ3n) is 4.25. The smallest absolute Gasteiger partial charge is 0.220 e. The Labute approximate surface area is 115 Å². The van der Waals surface area contributed by atoms with E-state index in [1.165, 1.54) is 19.3 Å². The van der Waals surface area contributed by atoms with Gasteiger partial charge in [0.15, 0.2) is 0 Å². The lowest BCUT2D eigenvalue weighted by molar-refractivity contribution is 0.282. The molecule has 106 valence electrons. The lowest BCUT2D eigenvalue weighted by atomic mass is 9.70. The van der Waals surface area contributed by atoms with Crippen LogP contribution in [0.4, 0.5) is 0 Å². The van der Waals surface area contributed by atoms with Gasteiger partial charge in [-0.25, -0.2) is 4.98 Å². The summed E-state index contributed by atoms with van der Waals surface area (Å²) in [6.45, 7) is 4.83. The molecule has 0 atom stereocenters. The average Bonchev–Trinajstić information content (AvgIpc) is 2.47. The van der Waals surface area contributed by atoms with Gasteiger partial charge >= 0.3 is 0 Å². The monoisotopic (exact) mass is 263 g/mol. The molecular formula is C15H25N3O. The van der Waals surface area contributed by atoms with Crippen LogP contribution in [0.1, 0.15) is 63.3 Å². The number of aromatic nitrogens is 2. The number of nitrogens with two attached hydrogens (primary N) is 1. The molecule has 1 aromatic rings. The maximum absolute atomic E-state index is 6.08. The van der Waals surface area contributed by atoms with E-state index in [0.717, 1.165) is 24.2 Å². The molecule has 0 unspecified atom stereocenters. The molecule has 19 heavy (non-hydrogen) atoms. The van der Waals surface area contributed by atoms with Crippen molar-refractivity contribution in [3.05, 3.63) is 17.6 Å². The molecule has 1 aliphatic rings. The molecular weight excluding hydrogens is 238 g/mol. The third kappa shape index (κ3) is 2.73. The maximum Gasteiger partial charge on any atom is 0.220 e. The summed E-state index contributed by atoms with van der Waals surface area (Å²) >= 11 is 0. The molecule has 4 nitrogen and oxygen atoms in total. The van der Waals surface area contributed by atoms with E-state index in [2.05, 4.69) is 23.8 Å². The Kier molecular flexibility index (Phi) is 4.40. The topological polar surface area (TPSA) is 61.0 Å². The average molecular weight is 263 g/mol. The number of hydrogen-bond acceptors (Lipinski definition) is 4. The van der Waals surface area contributed by atoms with Gasteiger partial charge in [0.05, 0.1) is 7.11 Å². The predicted octanol–water partition coefficient (Wildman–Crippen LogP) is 2.77. The van der Waals surface area contributed by atoms with E-state index in [4.69, 9.17) is 10.5 Å². The Bertz CT molecular complexity index is 425. The summed E-state index contributed by atoms with van der Waals surface area (Å²) in [7, 11) is 1.68. The van der Waals surface area contributed by atoms with Crippen molar-refractivity contribution in [3.8, 4) is 5.88 Å². The quantitative estimate of drug-likeness (QED) is 0.907. The minimum absolute atomic E-state index is 0.0130. The standard InChI is InChI=1S/C15H25N3O/c1-11(2)13-17-9-12(14(18-13)19-3)15(10-16)7-5-4-6-8-15/h9,11H,4-8,10,16H2,1-3H3. The van der Waals surface area contributed by atoms with Crippen LogP contribution in [0.2, 0.25) is 0 Å². The zero-order valence-corrected chi connectivity index (χ0v) is 12.3. The van der Waals surface area contributed by atoms with E-state index < -0.39 is 0 Å². The minimum atomic E-state index is 0.0130. The molecule has 0 aliphatic heterocycles. The summed E-state index contributed by atoms with van der Waals surface area (Å²) in [4.78, 5) is 9.08. The fourth-order valence-corrected chi connectivity index (χ4v) is 2.99. The first-order valence-corrected chi connectivity index (χ1v) is 7.24. The Morgan fingerprint density at radius 2 is 2.00 bits per heavy atom. The van der Waals surface area contributed by atoms with Crippen molar-refractivity contribution in [1.29, 1.82) is 0 Å². The molecule has 1 saturated carbocycles. The van der Waals surface area contributed by atoms with E-state index in [-0.39, 0.29) is 5.41 Å². The van der Waals surface area contributed by atoms with Gasteiger partial charge < -0.3 is 10.5 Å². The molecule has 0 aromatic carbocycles. The normalized spacial score (nSPS) is 18.6. The van der Waals surface area contributed by atoms with Crippen LogP contribution in [0, 0.1) is 0 Å². The van der Waals surface area contributed by atoms with Crippen molar-refractivity contribution < 1.29 is 4.74 Å². The highest BCUT2D eigenvalue weighted by molar-refractivity contribution is 5.34. The van der Waals surface area contributed by atoms with Gasteiger partial charge in [-0.2, -0.15) is 4.98 Å². The number of ether oxygens (including phenoxy) is 1. The highest BCUT2D eigenvalue weighted by Crippen LogP contribution is 2.41. The molecule has 4 heteroatoms. The molecule has 1 heterocycles. The third-order valence-corrected chi connectivity index (χ3v) is 4.25. The van der Waals surface area contributed by atoms with Gasteiger partial charge in [0, 0.05) is 29.6 Å². The van der Waals surface area contributed by atoms with Gasteiger partial charge in [0.1, 0.15) is 5.82 Å². The molecule has 2 N–H and O–H groups in total. The van der Waals surface area contributed by atoms with Crippen LogP contribution >= 0.6 is 0 Å². The molecule has 1 aliphatic carbocycles. The van der Waals surface area contributed by atoms with Gasteiger partial charge in [0.25, 0.3) is 0 Å². The molecule has 0 amide bonds. The molecule has 2 rings (SSSR count). The van der Waals surface area contributed by atoms with Crippen molar-refractivity contribution >= 4 is 0 Å². The largest absolute Gasteiger partial charge is 0.481 e. The van der Waals surface area contributed by atoms with Gasteiger partial charge in [-0.3, -0.25) is 0 Å². The van der Waals surface area contributed by atoms with Crippen molar-refractivity contribution in [2.75, 3.05) is 13.7 Å². The number of hydrogen-bond donors (Lipinski definition) is 1. The number of nitrogens with zero attached hydrogens (tertiary/aromatic N) is 2. The van der Waals surface area contributed by atoms with E-state index in [9.17, 15) is 0 Å². The van der Waals surface area contributed by atoms with Gasteiger partial charge in [-0.1, -0.05) is 33.1 Å².